The van der Waals surface area contributed by atoms with Gasteiger partial charge in [-0.2, -0.15) is 0 Å². The molecule has 1 aliphatic rings. The Morgan fingerprint density at radius 1 is 1.21 bits per heavy atom. The van der Waals surface area contributed by atoms with E-state index in [1.165, 1.54) is 37.1 Å². The van der Waals surface area contributed by atoms with E-state index < -0.39 is 6.03 Å². The topological polar surface area (TPSA) is 90.1 Å². The summed E-state index contributed by atoms with van der Waals surface area (Å²) in [4.78, 5) is 25.2. The van der Waals surface area contributed by atoms with Crippen molar-refractivity contribution in [1.29, 1.82) is 0 Å². The molecule has 0 saturated heterocycles. The number of urea groups is 1. The first-order chi connectivity index (χ1) is 14.1. The molecule has 2 aromatic rings. The minimum atomic E-state index is -0.498. The molecule has 1 aromatic heterocycles. The van der Waals surface area contributed by atoms with Crippen molar-refractivity contribution >= 4 is 40.6 Å². The Balaban J connectivity index is 1.57. The maximum atomic E-state index is 12.8. The van der Waals surface area contributed by atoms with Gasteiger partial charge >= 0.3 is 6.03 Å². The van der Waals surface area contributed by atoms with Gasteiger partial charge in [-0.05, 0) is 36.5 Å². The Hall–Kier alpha value is -2.26. The van der Waals surface area contributed by atoms with E-state index in [1.807, 2.05) is 30.3 Å². The summed E-state index contributed by atoms with van der Waals surface area (Å²) in [6.45, 7) is 0.414. The first kappa shape index (κ1) is 21.4. The van der Waals surface area contributed by atoms with Crippen molar-refractivity contribution in [3.63, 3.8) is 0 Å². The van der Waals surface area contributed by atoms with Crippen molar-refractivity contribution in [3.8, 4) is 0 Å². The molecular weight excluding hydrogens is 406 g/mol. The molecule has 0 radical (unpaired) electrons. The van der Waals surface area contributed by atoms with Gasteiger partial charge in [0.25, 0.3) is 0 Å². The Morgan fingerprint density at radius 3 is 2.66 bits per heavy atom. The number of rotatable bonds is 7. The third-order valence-electron chi connectivity index (χ3n) is 5.15. The van der Waals surface area contributed by atoms with Gasteiger partial charge in [0.1, 0.15) is 0 Å². The molecule has 1 saturated carbocycles. The van der Waals surface area contributed by atoms with Gasteiger partial charge in [0.2, 0.25) is 11.0 Å². The summed E-state index contributed by atoms with van der Waals surface area (Å²) in [5, 5.41) is 10.9. The van der Waals surface area contributed by atoms with Crippen molar-refractivity contribution in [2.45, 2.75) is 51.4 Å². The summed E-state index contributed by atoms with van der Waals surface area (Å²) in [5.74, 6) is 0.560. The number of carbonyl (C=O) groups is 2. The first-order valence-corrected chi connectivity index (χ1v) is 11.3. The van der Waals surface area contributed by atoms with Crippen LogP contribution in [0.3, 0.4) is 0 Å². The van der Waals surface area contributed by atoms with Crippen LogP contribution in [0.5, 0.6) is 0 Å². The number of hydrogen-bond acceptors (Lipinski definition) is 5. The second-order valence-corrected chi connectivity index (χ2v) is 8.97. The van der Waals surface area contributed by atoms with Crippen LogP contribution in [-0.2, 0) is 11.2 Å². The van der Waals surface area contributed by atoms with Crippen LogP contribution >= 0.6 is 23.6 Å². The molecule has 3 amide bonds. The number of anilines is 1. The monoisotopic (exact) mass is 433 g/mol. The predicted molar refractivity (Wildman–Crippen MR) is 117 cm³/mol. The zero-order valence-electron chi connectivity index (χ0n) is 16.4. The van der Waals surface area contributed by atoms with Crippen LogP contribution in [0.4, 0.5) is 9.93 Å². The number of aromatic amines is 1. The third kappa shape index (κ3) is 7.25. The fraction of sp³-hybridized carbons (Fsp3) is 0.500. The largest absolute Gasteiger partial charge is 0.339 e. The number of carbonyl (C=O) groups excluding carboxylic acids is 2. The minimum absolute atomic E-state index is 0.0590. The van der Waals surface area contributed by atoms with Crippen LogP contribution < -0.4 is 10.7 Å². The Kier molecular flexibility index (Phi) is 8.18. The molecule has 0 atom stereocenters. The SMILES string of the molecule is O=C(Nc1n[nH]c(=S)s1)NN(CCc1ccccc1)C(=O)CCC1CCCCC1. The normalized spacial score (nSPS) is 14.3. The molecule has 9 heteroatoms. The average molecular weight is 434 g/mol. The molecule has 1 fully saturated rings. The molecule has 0 bridgehead atoms. The van der Waals surface area contributed by atoms with Crippen LogP contribution in [0.15, 0.2) is 30.3 Å². The highest BCUT2D eigenvalue weighted by atomic mass is 32.1. The molecule has 1 aliphatic carbocycles. The summed E-state index contributed by atoms with van der Waals surface area (Å²) in [6.07, 6.45) is 8.21. The van der Waals surface area contributed by atoms with E-state index in [4.69, 9.17) is 12.2 Å². The Bertz CT molecular complexity index is 846. The number of nitrogens with one attached hydrogen (secondary N) is 3. The number of aromatic nitrogens is 2. The first-order valence-electron chi connectivity index (χ1n) is 10.1. The molecule has 1 heterocycles. The van der Waals surface area contributed by atoms with Crippen molar-refractivity contribution in [2.75, 3.05) is 11.9 Å². The lowest BCUT2D eigenvalue weighted by molar-refractivity contribution is -0.133. The number of H-pyrrole nitrogens is 1. The highest BCUT2D eigenvalue weighted by molar-refractivity contribution is 7.73. The number of hydrazine groups is 1. The second kappa shape index (κ2) is 11.1. The van der Waals surface area contributed by atoms with Gasteiger partial charge in [-0.25, -0.2) is 10.2 Å². The van der Waals surface area contributed by atoms with E-state index in [0.29, 0.717) is 34.4 Å². The summed E-state index contributed by atoms with van der Waals surface area (Å²) >= 11 is 6.14. The molecule has 0 aliphatic heterocycles. The van der Waals surface area contributed by atoms with Crippen LogP contribution in [0, 0.1) is 9.87 Å². The molecule has 7 nitrogen and oxygen atoms in total. The van der Waals surface area contributed by atoms with E-state index in [2.05, 4.69) is 20.9 Å². The highest BCUT2D eigenvalue weighted by Crippen LogP contribution is 2.27. The van der Waals surface area contributed by atoms with Crippen molar-refractivity contribution in [3.05, 3.63) is 39.8 Å². The van der Waals surface area contributed by atoms with Gasteiger partial charge in [-0.3, -0.25) is 20.2 Å². The second-order valence-electron chi connectivity index (χ2n) is 7.31. The Labute approximate surface area is 179 Å². The summed E-state index contributed by atoms with van der Waals surface area (Å²) in [6, 6.07) is 9.43. The lowest BCUT2D eigenvalue weighted by Gasteiger charge is -2.25. The maximum Gasteiger partial charge on any atom is 0.339 e. The lowest BCUT2D eigenvalue weighted by Crippen LogP contribution is -2.48. The van der Waals surface area contributed by atoms with Gasteiger partial charge in [0.15, 0.2) is 3.95 Å². The molecular formula is C20H27N5O2S2. The highest BCUT2D eigenvalue weighted by Gasteiger charge is 2.20. The van der Waals surface area contributed by atoms with Crippen molar-refractivity contribution < 1.29 is 9.59 Å². The number of benzene rings is 1. The van der Waals surface area contributed by atoms with Gasteiger partial charge in [-0.15, -0.1) is 5.10 Å². The molecule has 0 spiro atoms. The predicted octanol–water partition coefficient (Wildman–Crippen LogP) is 4.67. The fourth-order valence-electron chi connectivity index (χ4n) is 3.60. The van der Waals surface area contributed by atoms with E-state index in [1.54, 1.807) is 0 Å². The standard InChI is InChI=1S/C20H27N5O2S2/c26-17(12-11-15-7-3-1-4-8-15)25(14-13-16-9-5-2-6-10-16)24-18(27)21-19-22-23-20(28)29-19/h2,5-6,9-10,15H,1,3-4,7-8,11-14H2,(H,23,28)(H2,21,22,24,27). The lowest BCUT2D eigenvalue weighted by atomic mass is 9.86. The summed E-state index contributed by atoms with van der Waals surface area (Å²) in [5.41, 5.74) is 3.80. The average Bonchev–Trinajstić information content (AvgIpc) is 3.15. The molecule has 0 unspecified atom stereocenters. The number of amides is 3. The Morgan fingerprint density at radius 2 is 1.97 bits per heavy atom. The minimum Gasteiger partial charge on any atom is -0.281 e. The van der Waals surface area contributed by atoms with E-state index in [9.17, 15) is 9.59 Å². The fourth-order valence-corrected chi connectivity index (χ4v) is 4.38. The molecule has 156 valence electrons. The molecule has 3 rings (SSSR count). The molecule has 3 N–H and O–H groups in total. The zero-order valence-corrected chi connectivity index (χ0v) is 18.0. The van der Waals surface area contributed by atoms with Gasteiger partial charge in [-0.1, -0.05) is 73.8 Å². The number of nitrogens with zero attached hydrogens (tertiary/aromatic N) is 2. The van der Waals surface area contributed by atoms with Crippen LogP contribution in [0.1, 0.15) is 50.5 Å². The number of hydrogen-bond donors (Lipinski definition) is 3. The van der Waals surface area contributed by atoms with Gasteiger partial charge < -0.3 is 0 Å². The van der Waals surface area contributed by atoms with Crippen LogP contribution in [0.2, 0.25) is 0 Å². The van der Waals surface area contributed by atoms with Gasteiger partial charge in [0, 0.05) is 13.0 Å². The van der Waals surface area contributed by atoms with E-state index >= 15 is 0 Å². The van der Waals surface area contributed by atoms with E-state index in [0.717, 1.165) is 23.3 Å². The van der Waals surface area contributed by atoms with Gasteiger partial charge in [0.05, 0.1) is 0 Å². The summed E-state index contributed by atoms with van der Waals surface area (Å²) < 4.78 is 0.477. The van der Waals surface area contributed by atoms with E-state index in [-0.39, 0.29) is 5.91 Å². The van der Waals surface area contributed by atoms with Crippen LogP contribution in [-0.4, -0.2) is 33.7 Å². The van der Waals surface area contributed by atoms with Crippen molar-refractivity contribution in [2.24, 2.45) is 5.92 Å². The summed E-state index contributed by atoms with van der Waals surface area (Å²) in [7, 11) is 0. The quantitative estimate of drug-likeness (QED) is 0.437. The molecule has 1 aromatic carbocycles. The molecule has 29 heavy (non-hydrogen) atoms. The third-order valence-corrected chi connectivity index (χ3v) is 6.16. The smallest absolute Gasteiger partial charge is 0.281 e. The van der Waals surface area contributed by atoms with Crippen molar-refractivity contribution in [1.82, 2.24) is 20.6 Å². The van der Waals surface area contributed by atoms with Crippen LogP contribution in [0.25, 0.3) is 0 Å². The maximum absolute atomic E-state index is 12.8. The zero-order chi connectivity index (χ0) is 20.5.